The predicted octanol–water partition coefficient (Wildman–Crippen LogP) is 3.11. The topological polar surface area (TPSA) is 57.5 Å². The van der Waals surface area contributed by atoms with Crippen molar-refractivity contribution in [1.29, 1.82) is 0 Å². The maximum Gasteiger partial charge on any atom is 0.191 e. The standard InChI is InChI=1S/C22H36N6/c1-6-23-22(24-13-15-28(18(2)3)19(4)5)25-16-20-10-7-8-11-21(20)17-27-14-9-12-26-27/h7-12,14,18-19H,6,13,15-17H2,1-5H3,(H2,23,24,25). The summed E-state index contributed by atoms with van der Waals surface area (Å²) in [6, 6.07) is 11.5. The van der Waals surface area contributed by atoms with Crippen molar-refractivity contribution in [3.63, 3.8) is 0 Å². The number of nitrogens with one attached hydrogen (secondary N) is 2. The number of hydrogen-bond acceptors (Lipinski definition) is 3. The molecular weight excluding hydrogens is 348 g/mol. The van der Waals surface area contributed by atoms with E-state index in [0.717, 1.165) is 32.1 Å². The van der Waals surface area contributed by atoms with E-state index in [2.05, 4.69) is 79.5 Å². The van der Waals surface area contributed by atoms with Gasteiger partial charge in [-0.15, -0.1) is 0 Å². The molecule has 0 aliphatic heterocycles. The highest BCUT2D eigenvalue weighted by molar-refractivity contribution is 5.79. The molecule has 0 saturated carbocycles. The van der Waals surface area contributed by atoms with Gasteiger partial charge in [0.2, 0.25) is 0 Å². The first-order valence-electron chi connectivity index (χ1n) is 10.3. The van der Waals surface area contributed by atoms with Gasteiger partial charge in [-0.1, -0.05) is 24.3 Å². The molecule has 2 aromatic rings. The van der Waals surface area contributed by atoms with E-state index in [4.69, 9.17) is 4.99 Å². The molecule has 6 nitrogen and oxygen atoms in total. The zero-order valence-electron chi connectivity index (χ0n) is 18.0. The minimum absolute atomic E-state index is 0.537. The minimum Gasteiger partial charge on any atom is -0.357 e. The maximum absolute atomic E-state index is 4.81. The van der Waals surface area contributed by atoms with Crippen molar-refractivity contribution in [3.8, 4) is 0 Å². The zero-order chi connectivity index (χ0) is 20.4. The van der Waals surface area contributed by atoms with E-state index in [-0.39, 0.29) is 0 Å². The van der Waals surface area contributed by atoms with Gasteiger partial charge in [-0.05, 0) is 51.8 Å². The summed E-state index contributed by atoms with van der Waals surface area (Å²) in [5.74, 6) is 0.865. The van der Waals surface area contributed by atoms with Gasteiger partial charge in [0.25, 0.3) is 0 Å². The lowest BCUT2D eigenvalue weighted by molar-refractivity contribution is 0.178. The Morgan fingerprint density at radius 3 is 2.39 bits per heavy atom. The molecule has 0 amide bonds. The average molecular weight is 385 g/mol. The molecule has 2 rings (SSSR count). The molecule has 154 valence electrons. The van der Waals surface area contributed by atoms with Crippen molar-refractivity contribution in [3.05, 3.63) is 53.9 Å². The maximum atomic E-state index is 4.81. The van der Waals surface area contributed by atoms with Crippen molar-refractivity contribution in [2.45, 2.75) is 59.8 Å². The molecule has 1 aromatic carbocycles. The van der Waals surface area contributed by atoms with Gasteiger partial charge in [-0.2, -0.15) is 5.10 Å². The Morgan fingerprint density at radius 2 is 1.79 bits per heavy atom. The lowest BCUT2D eigenvalue weighted by Gasteiger charge is -2.30. The molecule has 0 aliphatic rings. The summed E-state index contributed by atoms with van der Waals surface area (Å²) >= 11 is 0. The number of hydrogen-bond donors (Lipinski definition) is 2. The Kier molecular flexibility index (Phi) is 9.01. The fourth-order valence-electron chi connectivity index (χ4n) is 3.36. The van der Waals surface area contributed by atoms with Gasteiger partial charge < -0.3 is 10.6 Å². The van der Waals surface area contributed by atoms with E-state index in [9.17, 15) is 0 Å². The predicted molar refractivity (Wildman–Crippen MR) is 118 cm³/mol. The van der Waals surface area contributed by atoms with Gasteiger partial charge in [0.1, 0.15) is 0 Å². The van der Waals surface area contributed by atoms with Crippen LogP contribution in [-0.4, -0.2) is 52.4 Å². The van der Waals surface area contributed by atoms with E-state index >= 15 is 0 Å². The van der Waals surface area contributed by atoms with Gasteiger partial charge in [-0.3, -0.25) is 9.58 Å². The number of aliphatic imine (C=N–C) groups is 1. The Balaban J connectivity index is 1.98. The smallest absolute Gasteiger partial charge is 0.191 e. The fraction of sp³-hybridized carbons (Fsp3) is 0.545. The van der Waals surface area contributed by atoms with Crippen LogP contribution in [0.4, 0.5) is 0 Å². The minimum atomic E-state index is 0.537. The third kappa shape index (κ3) is 7.00. The van der Waals surface area contributed by atoms with Crippen LogP contribution in [0.5, 0.6) is 0 Å². The van der Waals surface area contributed by atoms with Gasteiger partial charge in [-0.25, -0.2) is 4.99 Å². The number of nitrogens with zero attached hydrogens (tertiary/aromatic N) is 4. The SMILES string of the molecule is CCNC(=NCc1ccccc1Cn1cccn1)NCCN(C(C)C)C(C)C. The molecule has 0 atom stereocenters. The Bertz CT molecular complexity index is 698. The van der Waals surface area contributed by atoms with Crippen LogP contribution < -0.4 is 10.6 Å². The van der Waals surface area contributed by atoms with Crippen LogP contribution in [0.15, 0.2) is 47.7 Å². The highest BCUT2D eigenvalue weighted by atomic mass is 15.3. The summed E-state index contributed by atoms with van der Waals surface area (Å²) in [6.45, 7) is 15.2. The molecular formula is C22H36N6. The van der Waals surface area contributed by atoms with Crippen LogP contribution in [0.3, 0.4) is 0 Å². The summed E-state index contributed by atoms with van der Waals surface area (Å²) in [5.41, 5.74) is 2.47. The first-order valence-corrected chi connectivity index (χ1v) is 10.3. The molecule has 2 N–H and O–H groups in total. The summed E-state index contributed by atoms with van der Waals surface area (Å²) in [5, 5.41) is 11.1. The molecule has 0 aliphatic carbocycles. The second kappa shape index (κ2) is 11.5. The second-order valence-electron chi connectivity index (χ2n) is 7.52. The molecule has 0 saturated heterocycles. The molecule has 0 bridgehead atoms. The highest BCUT2D eigenvalue weighted by Gasteiger charge is 2.12. The van der Waals surface area contributed by atoms with Crippen molar-refractivity contribution in [1.82, 2.24) is 25.3 Å². The average Bonchev–Trinajstić information content (AvgIpc) is 3.16. The number of benzene rings is 1. The van der Waals surface area contributed by atoms with Gasteiger partial charge >= 0.3 is 0 Å². The van der Waals surface area contributed by atoms with Crippen molar-refractivity contribution >= 4 is 5.96 Å². The molecule has 0 fully saturated rings. The third-order valence-electron chi connectivity index (χ3n) is 4.75. The van der Waals surface area contributed by atoms with E-state index in [0.29, 0.717) is 18.6 Å². The largest absolute Gasteiger partial charge is 0.357 e. The molecule has 0 spiro atoms. The number of aromatic nitrogens is 2. The summed E-state index contributed by atoms with van der Waals surface area (Å²) in [7, 11) is 0. The molecule has 1 heterocycles. The summed E-state index contributed by atoms with van der Waals surface area (Å²) in [4.78, 5) is 7.29. The Labute approximate surface area is 170 Å². The Hall–Kier alpha value is -2.34. The van der Waals surface area contributed by atoms with Crippen LogP contribution >= 0.6 is 0 Å². The second-order valence-corrected chi connectivity index (χ2v) is 7.52. The van der Waals surface area contributed by atoms with Crippen molar-refractivity contribution in [2.75, 3.05) is 19.6 Å². The lowest BCUT2D eigenvalue weighted by atomic mass is 10.1. The van der Waals surface area contributed by atoms with E-state index < -0.39 is 0 Å². The molecule has 1 aromatic heterocycles. The van der Waals surface area contributed by atoms with E-state index in [1.165, 1.54) is 11.1 Å². The van der Waals surface area contributed by atoms with Gasteiger partial charge in [0.05, 0.1) is 13.1 Å². The van der Waals surface area contributed by atoms with Gasteiger partial charge in [0, 0.05) is 44.1 Å². The molecule has 6 heteroatoms. The first-order chi connectivity index (χ1) is 13.5. The zero-order valence-corrected chi connectivity index (χ0v) is 18.0. The fourth-order valence-corrected chi connectivity index (χ4v) is 3.36. The van der Waals surface area contributed by atoms with Crippen LogP contribution in [0.25, 0.3) is 0 Å². The molecule has 0 unspecified atom stereocenters. The van der Waals surface area contributed by atoms with E-state index in [1.54, 1.807) is 0 Å². The summed E-state index contributed by atoms with van der Waals surface area (Å²) in [6.07, 6.45) is 3.80. The van der Waals surface area contributed by atoms with Crippen LogP contribution in [-0.2, 0) is 13.1 Å². The summed E-state index contributed by atoms with van der Waals surface area (Å²) < 4.78 is 1.94. The molecule has 28 heavy (non-hydrogen) atoms. The first kappa shape index (κ1) is 22.0. The Morgan fingerprint density at radius 1 is 1.07 bits per heavy atom. The monoisotopic (exact) mass is 384 g/mol. The quantitative estimate of drug-likeness (QED) is 0.488. The van der Waals surface area contributed by atoms with Crippen molar-refractivity contribution in [2.24, 2.45) is 4.99 Å². The highest BCUT2D eigenvalue weighted by Crippen LogP contribution is 2.11. The molecule has 0 radical (unpaired) electrons. The van der Waals surface area contributed by atoms with Crippen LogP contribution in [0.2, 0.25) is 0 Å². The number of guanidine groups is 1. The normalized spacial score (nSPS) is 12.2. The number of rotatable bonds is 10. The lowest BCUT2D eigenvalue weighted by Crippen LogP contribution is -2.45. The van der Waals surface area contributed by atoms with Crippen molar-refractivity contribution < 1.29 is 0 Å². The van der Waals surface area contributed by atoms with E-state index in [1.807, 2.05) is 23.1 Å². The van der Waals surface area contributed by atoms with Gasteiger partial charge in [0.15, 0.2) is 5.96 Å². The third-order valence-corrected chi connectivity index (χ3v) is 4.75. The van der Waals surface area contributed by atoms with Crippen LogP contribution in [0, 0.1) is 0 Å². The van der Waals surface area contributed by atoms with Crippen LogP contribution in [0.1, 0.15) is 45.7 Å².